The molecule has 16 heavy (non-hydrogen) atoms. The molecule has 0 nitrogen and oxygen atoms in total. The van der Waals surface area contributed by atoms with Gasteiger partial charge in [0.15, 0.2) is 0 Å². The number of aryl methyl sites for hydroxylation is 3. The van der Waals surface area contributed by atoms with Gasteiger partial charge in [0.05, 0.1) is 0 Å². The van der Waals surface area contributed by atoms with Crippen LogP contribution in [0.15, 0.2) is 48.5 Å². The van der Waals surface area contributed by atoms with Crippen molar-refractivity contribution in [2.75, 3.05) is 0 Å². The first kappa shape index (κ1) is 12.4. The summed E-state index contributed by atoms with van der Waals surface area (Å²) in [6.45, 7) is 5.99. The third-order valence-electron chi connectivity index (χ3n) is 2.50. The highest BCUT2D eigenvalue weighted by Gasteiger charge is 1.88. The van der Waals surface area contributed by atoms with Crippen LogP contribution in [0, 0.1) is 26.6 Å². The average Bonchev–Trinajstić information content (AvgIpc) is 2.28. The van der Waals surface area contributed by atoms with E-state index in [-0.39, 0.29) is 5.82 Å². The maximum atomic E-state index is 12.3. The van der Waals surface area contributed by atoms with Crippen LogP contribution in [-0.4, -0.2) is 0 Å². The molecule has 0 saturated carbocycles. The van der Waals surface area contributed by atoms with Gasteiger partial charge in [-0.05, 0) is 43.5 Å². The molecule has 0 bridgehead atoms. The topological polar surface area (TPSA) is 0 Å². The van der Waals surface area contributed by atoms with Crippen molar-refractivity contribution in [2.24, 2.45) is 0 Å². The van der Waals surface area contributed by atoms with Gasteiger partial charge < -0.3 is 0 Å². The number of benzene rings is 2. The van der Waals surface area contributed by atoms with Crippen molar-refractivity contribution < 1.29 is 4.39 Å². The van der Waals surface area contributed by atoms with Crippen molar-refractivity contribution in [3.8, 4) is 0 Å². The monoisotopic (exact) mass is 216 g/mol. The van der Waals surface area contributed by atoms with Gasteiger partial charge in [0.25, 0.3) is 0 Å². The van der Waals surface area contributed by atoms with Crippen LogP contribution in [0.4, 0.5) is 4.39 Å². The predicted molar refractivity (Wildman–Crippen MR) is 67.1 cm³/mol. The fourth-order valence-electron chi connectivity index (χ4n) is 1.21. The Labute approximate surface area is 96.8 Å². The van der Waals surface area contributed by atoms with Crippen molar-refractivity contribution in [2.45, 2.75) is 20.8 Å². The second-order valence-corrected chi connectivity index (χ2v) is 3.83. The van der Waals surface area contributed by atoms with Gasteiger partial charge in [0.2, 0.25) is 0 Å². The first-order valence-electron chi connectivity index (χ1n) is 5.34. The maximum absolute atomic E-state index is 12.3. The number of halogens is 1. The summed E-state index contributed by atoms with van der Waals surface area (Å²) in [5.74, 6) is -0.132. The van der Waals surface area contributed by atoms with E-state index in [0.29, 0.717) is 5.56 Å². The van der Waals surface area contributed by atoms with E-state index < -0.39 is 0 Å². The Morgan fingerprint density at radius 2 is 1.00 bits per heavy atom. The van der Waals surface area contributed by atoms with E-state index in [9.17, 15) is 4.39 Å². The van der Waals surface area contributed by atoms with E-state index in [1.54, 1.807) is 19.1 Å². The van der Waals surface area contributed by atoms with Crippen LogP contribution in [0.1, 0.15) is 16.7 Å². The molecule has 0 saturated heterocycles. The maximum Gasteiger partial charge on any atom is 0.126 e. The third kappa shape index (κ3) is 3.85. The summed E-state index contributed by atoms with van der Waals surface area (Å²) >= 11 is 0. The molecule has 1 heteroatoms. The summed E-state index contributed by atoms with van der Waals surface area (Å²) in [6.07, 6.45) is 0. The van der Waals surface area contributed by atoms with Gasteiger partial charge in [0.1, 0.15) is 5.82 Å². The second-order valence-electron chi connectivity index (χ2n) is 3.83. The fraction of sp³-hybridized carbons (Fsp3) is 0.200. The predicted octanol–water partition coefficient (Wildman–Crippen LogP) is 4.44. The van der Waals surface area contributed by atoms with Crippen molar-refractivity contribution in [1.82, 2.24) is 0 Å². The number of hydrogen-bond acceptors (Lipinski definition) is 0. The van der Waals surface area contributed by atoms with Crippen LogP contribution < -0.4 is 0 Å². The van der Waals surface area contributed by atoms with E-state index >= 15 is 0 Å². The highest BCUT2D eigenvalue weighted by molar-refractivity contribution is 5.23. The summed E-state index contributed by atoms with van der Waals surface area (Å²) in [5, 5.41) is 0. The molecule has 0 N–H and O–H groups in total. The van der Waals surface area contributed by atoms with Crippen LogP contribution >= 0.6 is 0 Å². The van der Waals surface area contributed by atoms with Crippen molar-refractivity contribution >= 4 is 0 Å². The minimum atomic E-state index is -0.132. The zero-order valence-electron chi connectivity index (χ0n) is 10.00. The average molecular weight is 216 g/mol. The van der Waals surface area contributed by atoms with Crippen molar-refractivity contribution in [3.63, 3.8) is 0 Å². The van der Waals surface area contributed by atoms with Crippen molar-refractivity contribution in [1.29, 1.82) is 0 Å². The lowest BCUT2D eigenvalue weighted by molar-refractivity contribution is 0.618. The second kappa shape index (κ2) is 6.06. The molecule has 2 aromatic carbocycles. The first-order chi connectivity index (χ1) is 7.61. The SMILES string of the molecule is Cc1ccccc1C.Cc1ccccc1F. The molecule has 0 radical (unpaired) electrons. The van der Waals surface area contributed by atoms with E-state index in [2.05, 4.69) is 38.1 Å². The summed E-state index contributed by atoms with van der Waals surface area (Å²) < 4.78 is 12.3. The Hall–Kier alpha value is -1.63. The van der Waals surface area contributed by atoms with Crippen LogP contribution in [0.5, 0.6) is 0 Å². The van der Waals surface area contributed by atoms with Gasteiger partial charge >= 0.3 is 0 Å². The lowest BCUT2D eigenvalue weighted by Crippen LogP contribution is -1.76. The molecule has 0 unspecified atom stereocenters. The molecular weight excluding hydrogens is 199 g/mol. The van der Waals surface area contributed by atoms with Crippen LogP contribution in [0.2, 0.25) is 0 Å². The zero-order chi connectivity index (χ0) is 12.0. The van der Waals surface area contributed by atoms with Gasteiger partial charge in [-0.25, -0.2) is 4.39 Å². The molecule has 0 aliphatic heterocycles. The normalized spacial score (nSPS) is 9.25. The standard InChI is InChI=1S/C8H10.C7H7F/c1-7-5-3-4-6-8(7)2;1-6-4-2-3-5-7(6)8/h3-6H,1-2H3;2-5H,1H3. The Bertz CT molecular complexity index is 361. The van der Waals surface area contributed by atoms with Gasteiger partial charge in [-0.2, -0.15) is 0 Å². The fourth-order valence-corrected chi connectivity index (χ4v) is 1.21. The molecule has 0 aliphatic rings. The Morgan fingerprint density at radius 3 is 1.25 bits per heavy atom. The van der Waals surface area contributed by atoms with E-state index in [4.69, 9.17) is 0 Å². The third-order valence-corrected chi connectivity index (χ3v) is 2.50. The molecule has 0 fully saturated rings. The van der Waals surface area contributed by atoms with E-state index in [0.717, 1.165) is 0 Å². The molecule has 0 heterocycles. The van der Waals surface area contributed by atoms with Crippen LogP contribution in [0.25, 0.3) is 0 Å². The number of rotatable bonds is 0. The van der Waals surface area contributed by atoms with Gasteiger partial charge in [-0.1, -0.05) is 42.5 Å². The summed E-state index contributed by atoms with van der Waals surface area (Å²) in [6, 6.07) is 15.1. The highest BCUT2D eigenvalue weighted by atomic mass is 19.1. The summed E-state index contributed by atoms with van der Waals surface area (Å²) in [7, 11) is 0. The quantitative estimate of drug-likeness (QED) is 0.610. The molecule has 0 aromatic heterocycles. The molecule has 0 atom stereocenters. The van der Waals surface area contributed by atoms with Gasteiger partial charge in [0, 0.05) is 0 Å². The lowest BCUT2D eigenvalue weighted by atomic mass is 10.1. The first-order valence-corrected chi connectivity index (χ1v) is 5.34. The van der Waals surface area contributed by atoms with E-state index in [1.165, 1.54) is 17.2 Å². The minimum absolute atomic E-state index is 0.132. The molecule has 2 aromatic rings. The molecule has 0 aliphatic carbocycles. The molecular formula is C15H17F. The smallest absolute Gasteiger partial charge is 0.126 e. The van der Waals surface area contributed by atoms with Crippen LogP contribution in [0.3, 0.4) is 0 Å². The van der Waals surface area contributed by atoms with Gasteiger partial charge in [-0.3, -0.25) is 0 Å². The minimum Gasteiger partial charge on any atom is -0.207 e. The Balaban J connectivity index is 0.000000160. The lowest BCUT2D eigenvalue weighted by Gasteiger charge is -1.93. The zero-order valence-corrected chi connectivity index (χ0v) is 10.00. The summed E-state index contributed by atoms with van der Waals surface area (Å²) in [5.41, 5.74) is 3.44. The number of hydrogen-bond donors (Lipinski definition) is 0. The largest absolute Gasteiger partial charge is 0.207 e. The van der Waals surface area contributed by atoms with E-state index in [1.807, 2.05) is 6.07 Å². The molecule has 2 rings (SSSR count). The molecule has 84 valence electrons. The Kier molecular flexibility index (Phi) is 4.71. The summed E-state index contributed by atoms with van der Waals surface area (Å²) in [4.78, 5) is 0. The molecule has 0 spiro atoms. The van der Waals surface area contributed by atoms with Crippen molar-refractivity contribution in [3.05, 3.63) is 71.0 Å². The Morgan fingerprint density at radius 1 is 0.625 bits per heavy atom. The highest BCUT2D eigenvalue weighted by Crippen LogP contribution is 2.03. The van der Waals surface area contributed by atoms with Crippen LogP contribution in [-0.2, 0) is 0 Å². The van der Waals surface area contributed by atoms with Gasteiger partial charge in [-0.15, -0.1) is 0 Å². The molecule has 0 amide bonds.